The van der Waals surface area contributed by atoms with Crippen LogP contribution < -0.4 is 5.56 Å². The van der Waals surface area contributed by atoms with Crippen molar-refractivity contribution in [1.82, 2.24) is 9.88 Å². The SMILES string of the molecule is O=c1[nH]c(CCN2CC[C@@H](O)C2)cc2c(Cl)cccc12. The first-order valence-electron chi connectivity index (χ1n) is 6.84. The fourth-order valence-corrected chi connectivity index (χ4v) is 2.96. The lowest BCUT2D eigenvalue weighted by molar-refractivity contribution is 0.176. The van der Waals surface area contributed by atoms with Crippen molar-refractivity contribution in [3.05, 3.63) is 45.3 Å². The summed E-state index contributed by atoms with van der Waals surface area (Å²) in [6.45, 7) is 2.47. The van der Waals surface area contributed by atoms with Crippen molar-refractivity contribution in [3.63, 3.8) is 0 Å². The molecule has 2 N–H and O–H groups in total. The molecular weight excluding hydrogens is 276 g/mol. The van der Waals surface area contributed by atoms with Crippen LogP contribution in [0.15, 0.2) is 29.1 Å². The number of hydrogen-bond acceptors (Lipinski definition) is 3. The van der Waals surface area contributed by atoms with Gasteiger partial charge in [-0.25, -0.2) is 0 Å². The van der Waals surface area contributed by atoms with E-state index in [-0.39, 0.29) is 11.7 Å². The summed E-state index contributed by atoms with van der Waals surface area (Å²) in [5, 5.41) is 11.5. The fraction of sp³-hybridized carbons (Fsp3) is 0.400. The first kappa shape index (κ1) is 13.6. The number of benzene rings is 1. The van der Waals surface area contributed by atoms with Crippen LogP contribution >= 0.6 is 11.6 Å². The van der Waals surface area contributed by atoms with E-state index in [2.05, 4.69) is 9.88 Å². The number of likely N-dealkylation sites (tertiary alicyclic amines) is 1. The number of pyridine rings is 1. The smallest absolute Gasteiger partial charge is 0.256 e. The number of halogens is 1. The minimum atomic E-state index is -0.208. The summed E-state index contributed by atoms with van der Waals surface area (Å²) in [6, 6.07) is 7.31. The van der Waals surface area contributed by atoms with Gasteiger partial charge in [0.05, 0.1) is 6.10 Å². The zero-order chi connectivity index (χ0) is 14.1. The molecule has 2 heterocycles. The van der Waals surface area contributed by atoms with Crippen LogP contribution in [0.5, 0.6) is 0 Å². The Balaban J connectivity index is 1.82. The number of aromatic nitrogens is 1. The maximum atomic E-state index is 12.0. The summed E-state index contributed by atoms with van der Waals surface area (Å²) >= 11 is 6.15. The van der Waals surface area contributed by atoms with Gasteiger partial charge < -0.3 is 15.0 Å². The maximum absolute atomic E-state index is 12.0. The molecule has 0 unspecified atom stereocenters. The van der Waals surface area contributed by atoms with Crippen molar-refractivity contribution in [2.24, 2.45) is 0 Å². The van der Waals surface area contributed by atoms with Crippen LogP contribution in [-0.2, 0) is 6.42 Å². The van der Waals surface area contributed by atoms with E-state index in [1.54, 1.807) is 18.2 Å². The molecule has 0 spiro atoms. The van der Waals surface area contributed by atoms with Gasteiger partial charge in [-0.2, -0.15) is 0 Å². The highest BCUT2D eigenvalue weighted by molar-refractivity contribution is 6.35. The highest BCUT2D eigenvalue weighted by Crippen LogP contribution is 2.21. The number of nitrogens with zero attached hydrogens (tertiary/aromatic N) is 1. The summed E-state index contributed by atoms with van der Waals surface area (Å²) in [4.78, 5) is 17.1. The molecule has 1 aliphatic rings. The second kappa shape index (κ2) is 5.56. The molecule has 0 bridgehead atoms. The van der Waals surface area contributed by atoms with Gasteiger partial charge in [0.2, 0.25) is 0 Å². The largest absolute Gasteiger partial charge is 0.392 e. The van der Waals surface area contributed by atoms with E-state index in [1.807, 2.05) is 6.07 Å². The molecule has 2 aromatic rings. The van der Waals surface area contributed by atoms with Crippen LogP contribution in [0.3, 0.4) is 0 Å². The van der Waals surface area contributed by atoms with Crippen LogP contribution in [0.1, 0.15) is 12.1 Å². The van der Waals surface area contributed by atoms with Crippen LogP contribution in [0.25, 0.3) is 10.8 Å². The molecule has 106 valence electrons. The van der Waals surface area contributed by atoms with Gasteiger partial charge in [-0.05, 0) is 24.6 Å². The normalized spacial score (nSPS) is 19.8. The molecule has 1 aliphatic heterocycles. The van der Waals surface area contributed by atoms with E-state index >= 15 is 0 Å². The third-order valence-corrected chi connectivity index (χ3v) is 4.16. The van der Waals surface area contributed by atoms with Crippen LogP contribution in [0.2, 0.25) is 5.02 Å². The summed E-state index contributed by atoms with van der Waals surface area (Å²) < 4.78 is 0. The number of aromatic amines is 1. The van der Waals surface area contributed by atoms with Gasteiger partial charge in [0.1, 0.15) is 0 Å². The first-order chi connectivity index (χ1) is 9.63. The molecule has 0 amide bonds. The number of fused-ring (bicyclic) bond motifs is 1. The van der Waals surface area contributed by atoms with E-state index in [9.17, 15) is 9.90 Å². The summed E-state index contributed by atoms with van der Waals surface area (Å²) in [5.41, 5.74) is 0.790. The number of rotatable bonds is 3. The van der Waals surface area contributed by atoms with Gasteiger partial charge >= 0.3 is 0 Å². The van der Waals surface area contributed by atoms with E-state index in [0.29, 0.717) is 10.4 Å². The van der Waals surface area contributed by atoms with Gasteiger partial charge in [-0.1, -0.05) is 17.7 Å². The summed E-state index contributed by atoms with van der Waals surface area (Å²) in [6.07, 6.45) is 1.38. The van der Waals surface area contributed by atoms with Crippen molar-refractivity contribution < 1.29 is 5.11 Å². The highest BCUT2D eigenvalue weighted by atomic mass is 35.5. The van der Waals surface area contributed by atoms with Crippen molar-refractivity contribution >= 4 is 22.4 Å². The minimum Gasteiger partial charge on any atom is -0.392 e. The second-order valence-corrected chi connectivity index (χ2v) is 5.73. The molecule has 0 saturated carbocycles. The first-order valence-corrected chi connectivity index (χ1v) is 7.22. The molecule has 1 saturated heterocycles. The van der Waals surface area contributed by atoms with E-state index in [1.165, 1.54) is 0 Å². The minimum absolute atomic E-state index is 0.0959. The Kier molecular flexibility index (Phi) is 3.78. The Labute approximate surface area is 122 Å². The average molecular weight is 293 g/mol. The second-order valence-electron chi connectivity index (χ2n) is 5.32. The molecule has 1 aromatic heterocycles. The van der Waals surface area contributed by atoms with Gasteiger partial charge in [0, 0.05) is 47.5 Å². The molecule has 4 nitrogen and oxygen atoms in total. The molecule has 1 aromatic carbocycles. The maximum Gasteiger partial charge on any atom is 0.256 e. The van der Waals surface area contributed by atoms with Gasteiger partial charge in [-0.15, -0.1) is 0 Å². The summed E-state index contributed by atoms with van der Waals surface area (Å²) in [5.74, 6) is 0. The van der Waals surface area contributed by atoms with Gasteiger partial charge in [0.25, 0.3) is 5.56 Å². The van der Waals surface area contributed by atoms with Gasteiger partial charge in [0.15, 0.2) is 0 Å². The predicted octanol–water partition coefficient (Wildman–Crippen LogP) is 1.79. The van der Waals surface area contributed by atoms with Crippen LogP contribution in [-0.4, -0.2) is 40.7 Å². The summed E-state index contributed by atoms with van der Waals surface area (Å²) in [7, 11) is 0. The monoisotopic (exact) mass is 292 g/mol. The molecule has 5 heteroatoms. The number of β-amino-alcohol motifs (C(OH)–C–C–N with tert-alkyl or cyclic N) is 1. The Hall–Kier alpha value is -1.36. The number of aliphatic hydroxyl groups is 1. The van der Waals surface area contributed by atoms with E-state index < -0.39 is 0 Å². The van der Waals surface area contributed by atoms with Crippen LogP contribution in [0, 0.1) is 0 Å². The third kappa shape index (κ3) is 2.73. The molecular formula is C15H17ClN2O2. The zero-order valence-corrected chi connectivity index (χ0v) is 11.9. The van der Waals surface area contributed by atoms with E-state index in [4.69, 9.17) is 11.6 Å². The topological polar surface area (TPSA) is 56.3 Å². The lowest BCUT2D eigenvalue weighted by atomic mass is 10.1. The zero-order valence-electron chi connectivity index (χ0n) is 11.1. The number of aliphatic hydroxyl groups excluding tert-OH is 1. The van der Waals surface area contributed by atoms with Crippen LogP contribution in [0.4, 0.5) is 0 Å². The lowest BCUT2D eigenvalue weighted by Crippen LogP contribution is -2.25. The Morgan fingerprint density at radius 1 is 1.40 bits per heavy atom. The Morgan fingerprint density at radius 3 is 3.00 bits per heavy atom. The van der Waals surface area contributed by atoms with E-state index in [0.717, 1.165) is 43.6 Å². The average Bonchev–Trinajstić information content (AvgIpc) is 2.84. The van der Waals surface area contributed by atoms with Crippen molar-refractivity contribution in [2.75, 3.05) is 19.6 Å². The molecule has 1 fully saturated rings. The molecule has 3 rings (SSSR count). The highest BCUT2D eigenvalue weighted by Gasteiger charge is 2.19. The molecule has 0 aliphatic carbocycles. The number of hydrogen-bond donors (Lipinski definition) is 2. The number of nitrogens with one attached hydrogen (secondary N) is 1. The molecule has 20 heavy (non-hydrogen) atoms. The molecule has 1 atom stereocenters. The quantitative estimate of drug-likeness (QED) is 0.907. The lowest BCUT2D eigenvalue weighted by Gasteiger charge is -2.14. The van der Waals surface area contributed by atoms with Crippen molar-refractivity contribution in [3.8, 4) is 0 Å². The standard InChI is InChI=1S/C15H17ClN2O2/c16-14-3-1-2-12-13(14)8-10(17-15(12)20)4-6-18-7-5-11(19)9-18/h1-3,8,11,19H,4-7,9H2,(H,17,20)/t11-/m1/s1. The fourth-order valence-electron chi connectivity index (χ4n) is 2.73. The number of H-pyrrole nitrogens is 1. The van der Waals surface area contributed by atoms with Gasteiger partial charge in [-0.3, -0.25) is 4.79 Å². The predicted molar refractivity (Wildman–Crippen MR) is 80.3 cm³/mol. The Morgan fingerprint density at radius 2 is 2.25 bits per heavy atom. The third-order valence-electron chi connectivity index (χ3n) is 3.84. The van der Waals surface area contributed by atoms with Crippen molar-refractivity contribution in [2.45, 2.75) is 18.9 Å². The Bertz CT molecular complexity index is 683. The molecule has 0 radical (unpaired) electrons. The van der Waals surface area contributed by atoms with Crippen molar-refractivity contribution in [1.29, 1.82) is 0 Å².